The lowest BCUT2D eigenvalue weighted by Crippen LogP contribution is -2.58. The topological polar surface area (TPSA) is 158 Å². The summed E-state index contributed by atoms with van der Waals surface area (Å²) in [6, 6.07) is 1.55. The van der Waals surface area contributed by atoms with E-state index in [1.807, 2.05) is 13.8 Å². The number of phenolic OH excluding ortho intramolecular Hbond substituents is 2. The number of hydrogen-bond donors (Lipinski definition) is 5. The molecule has 39 heavy (non-hydrogen) atoms. The third kappa shape index (κ3) is 2.65. The highest BCUT2D eigenvalue weighted by Crippen LogP contribution is 2.64. The lowest BCUT2D eigenvalue weighted by molar-refractivity contribution is -0.119. The van der Waals surface area contributed by atoms with E-state index in [1.165, 1.54) is 0 Å². The molecule has 8 heteroatoms. The number of fused-ring (bicyclic) bond motifs is 4. The van der Waals surface area contributed by atoms with Crippen molar-refractivity contribution in [1.82, 2.24) is 0 Å². The Bertz CT molecular complexity index is 1690. The van der Waals surface area contributed by atoms with Crippen LogP contribution in [0.5, 0.6) is 11.5 Å². The largest absolute Gasteiger partial charge is 0.508 e. The molecule has 202 valence electrons. The van der Waals surface area contributed by atoms with Gasteiger partial charge in [-0.15, -0.1) is 0 Å². The van der Waals surface area contributed by atoms with Crippen LogP contribution in [0.15, 0.2) is 41.3 Å². The van der Waals surface area contributed by atoms with Crippen LogP contribution >= 0.6 is 0 Å². The van der Waals surface area contributed by atoms with Gasteiger partial charge < -0.3 is 26.2 Å². The lowest BCUT2D eigenvalue weighted by atomic mass is 9.53. The highest BCUT2D eigenvalue weighted by Gasteiger charge is 2.63. The molecule has 2 aromatic carbocycles. The molecule has 0 heterocycles. The minimum atomic E-state index is -2.81. The van der Waals surface area contributed by atoms with Crippen LogP contribution in [-0.4, -0.2) is 43.4 Å². The van der Waals surface area contributed by atoms with Gasteiger partial charge in [-0.1, -0.05) is 32.1 Å². The summed E-state index contributed by atoms with van der Waals surface area (Å²) in [5, 5.41) is 45.8. The second kappa shape index (κ2) is 7.39. The average Bonchev–Trinajstić information content (AvgIpc) is 3.19. The lowest BCUT2D eigenvalue weighted by Gasteiger charge is -2.50. The summed E-state index contributed by atoms with van der Waals surface area (Å²) in [5.41, 5.74) is 3.93. The maximum absolute atomic E-state index is 14.2. The number of carbonyl (C=O) groups excluding carboxylic acids is 3. The number of aliphatic hydroxyl groups is 2. The van der Waals surface area contributed by atoms with Gasteiger partial charge in [0.05, 0.1) is 22.4 Å². The van der Waals surface area contributed by atoms with Crippen LogP contribution in [0.3, 0.4) is 0 Å². The number of aromatic hydroxyl groups is 2. The van der Waals surface area contributed by atoms with Gasteiger partial charge in [-0.05, 0) is 66.7 Å². The van der Waals surface area contributed by atoms with E-state index in [0.717, 1.165) is 29.5 Å². The van der Waals surface area contributed by atoms with Gasteiger partial charge in [0.15, 0.2) is 17.2 Å². The van der Waals surface area contributed by atoms with Gasteiger partial charge in [0.1, 0.15) is 17.3 Å². The number of Topliss-reactive ketones (excluding diaryl/α,β-unsaturated/α-hetero) is 3. The van der Waals surface area contributed by atoms with Gasteiger partial charge >= 0.3 is 0 Å². The zero-order chi connectivity index (χ0) is 28.6. The fraction of sp³-hybridized carbons (Fsp3) is 0.387. The van der Waals surface area contributed by atoms with E-state index in [1.54, 1.807) is 6.07 Å². The molecule has 6 rings (SSSR count). The summed E-state index contributed by atoms with van der Waals surface area (Å²) >= 11 is 0. The van der Waals surface area contributed by atoms with E-state index in [9.17, 15) is 34.8 Å². The van der Waals surface area contributed by atoms with Crippen LogP contribution in [0.4, 0.5) is 0 Å². The van der Waals surface area contributed by atoms with Gasteiger partial charge in [-0.3, -0.25) is 14.4 Å². The van der Waals surface area contributed by atoms with E-state index in [-0.39, 0.29) is 27.8 Å². The summed E-state index contributed by atoms with van der Waals surface area (Å²) in [6.45, 7) is 11.7. The average molecular weight is 530 g/mol. The second-order valence-electron chi connectivity index (χ2n) is 12.2. The predicted octanol–water partition coefficient (Wildman–Crippen LogP) is 4.10. The summed E-state index contributed by atoms with van der Waals surface area (Å²) in [6.07, 6.45) is 3.71. The fourth-order valence-electron chi connectivity index (χ4n) is 8.09. The molecule has 0 fully saturated rings. The van der Waals surface area contributed by atoms with Crippen molar-refractivity contribution in [2.45, 2.75) is 64.4 Å². The van der Waals surface area contributed by atoms with Gasteiger partial charge in [0.2, 0.25) is 5.78 Å². The first-order valence-corrected chi connectivity index (χ1v) is 13.1. The number of aryl methyl sites for hydroxylation is 1. The van der Waals surface area contributed by atoms with Gasteiger partial charge in [0.25, 0.3) is 0 Å². The first-order chi connectivity index (χ1) is 18.1. The van der Waals surface area contributed by atoms with Crippen LogP contribution in [0.2, 0.25) is 0 Å². The maximum atomic E-state index is 14.2. The quantitative estimate of drug-likeness (QED) is 0.345. The molecule has 0 saturated heterocycles. The van der Waals surface area contributed by atoms with E-state index in [2.05, 4.69) is 26.5 Å². The monoisotopic (exact) mass is 529 g/mol. The van der Waals surface area contributed by atoms with E-state index in [4.69, 9.17) is 5.73 Å². The second-order valence-corrected chi connectivity index (χ2v) is 12.2. The normalized spacial score (nSPS) is 29.1. The summed E-state index contributed by atoms with van der Waals surface area (Å²) in [4.78, 5) is 41.2. The Hall–Kier alpha value is -3.91. The van der Waals surface area contributed by atoms with Crippen molar-refractivity contribution in [2.24, 2.45) is 17.1 Å². The Kier molecular flexibility index (Phi) is 4.81. The Morgan fingerprint density at radius 2 is 1.74 bits per heavy atom. The number of ketones is 3. The number of benzene rings is 2. The number of aliphatic hydroxyl groups excluding tert-OH is 1. The van der Waals surface area contributed by atoms with Crippen molar-refractivity contribution in [1.29, 1.82) is 0 Å². The SMILES string of the molecule is C=C(N)C1=C(O)[C@@]2(O)C(=O)c3c(c4c5c(c(C)cc(O)c5c3O)[C@@]3(C4)C(C)=CCCC3(C)C)C(=O)[C@H]2CC1=O. The van der Waals surface area contributed by atoms with Crippen molar-refractivity contribution >= 4 is 28.1 Å². The highest BCUT2D eigenvalue weighted by atomic mass is 16.3. The standard InChI is InChI=1S/C31H31NO7/c1-12-9-17(33)22-20-15(11-30(24(12)20)13(2)7-6-8-29(30,4)5)21-23(26(22)36)28(38)31(39)16(25(21)35)10-18(34)19(14(3)32)27(31)37/h7,9,16,33,36-37,39H,3,6,8,10-11,32H2,1-2,4-5H3/t16-,30-,31-/m1/s1. The number of carbonyl (C=O) groups is 3. The van der Waals surface area contributed by atoms with Crippen molar-refractivity contribution < 1.29 is 34.8 Å². The Morgan fingerprint density at radius 3 is 2.36 bits per heavy atom. The Morgan fingerprint density at radius 1 is 1.08 bits per heavy atom. The summed E-state index contributed by atoms with van der Waals surface area (Å²) < 4.78 is 0. The smallest absolute Gasteiger partial charge is 0.207 e. The molecule has 4 aliphatic rings. The summed E-state index contributed by atoms with van der Waals surface area (Å²) in [7, 11) is 0. The molecule has 4 aliphatic carbocycles. The fourth-order valence-corrected chi connectivity index (χ4v) is 8.09. The molecule has 0 amide bonds. The first-order valence-electron chi connectivity index (χ1n) is 13.1. The van der Waals surface area contributed by atoms with Gasteiger partial charge in [-0.2, -0.15) is 0 Å². The number of nitrogens with two attached hydrogens (primary N) is 1. The third-order valence-corrected chi connectivity index (χ3v) is 9.98. The minimum absolute atomic E-state index is 0.0254. The number of hydrogen-bond acceptors (Lipinski definition) is 8. The molecule has 2 aromatic rings. The maximum Gasteiger partial charge on any atom is 0.207 e. The molecule has 1 spiro atoms. The van der Waals surface area contributed by atoms with Gasteiger partial charge in [-0.25, -0.2) is 0 Å². The number of allylic oxidation sites excluding steroid dienone is 3. The van der Waals surface area contributed by atoms with E-state index >= 15 is 0 Å². The van der Waals surface area contributed by atoms with Crippen molar-refractivity contribution in [3.63, 3.8) is 0 Å². The molecule has 0 aliphatic heterocycles. The zero-order valence-corrected chi connectivity index (χ0v) is 22.4. The predicted molar refractivity (Wildman–Crippen MR) is 144 cm³/mol. The highest BCUT2D eigenvalue weighted by molar-refractivity contribution is 6.28. The van der Waals surface area contributed by atoms with Crippen LogP contribution in [0.25, 0.3) is 10.8 Å². The molecule has 8 nitrogen and oxygen atoms in total. The van der Waals surface area contributed by atoms with Crippen molar-refractivity contribution in [3.05, 3.63) is 69.1 Å². The Labute approximate surface area is 225 Å². The Balaban J connectivity index is 1.76. The molecule has 3 atom stereocenters. The molecule has 0 unspecified atom stereocenters. The number of rotatable bonds is 1. The third-order valence-electron chi connectivity index (χ3n) is 9.98. The van der Waals surface area contributed by atoms with Crippen LogP contribution in [0.1, 0.15) is 77.4 Å². The molecule has 0 aromatic heterocycles. The molecular weight excluding hydrogens is 498 g/mol. The number of phenols is 2. The minimum Gasteiger partial charge on any atom is -0.508 e. The van der Waals surface area contributed by atoms with Crippen LogP contribution in [-0.2, 0) is 16.6 Å². The first kappa shape index (κ1) is 25.4. The molecule has 0 radical (unpaired) electrons. The summed E-state index contributed by atoms with van der Waals surface area (Å²) in [5.74, 6) is -6.11. The van der Waals surface area contributed by atoms with E-state index in [0.29, 0.717) is 17.4 Å². The zero-order valence-electron chi connectivity index (χ0n) is 22.4. The van der Waals surface area contributed by atoms with Crippen LogP contribution < -0.4 is 5.73 Å². The molecule has 6 N–H and O–H groups in total. The van der Waals surface area contributed by atoms with Gasteiger partial charge in [0, 0.05) is 23.1 Å². The molecule has 0 bridgehead atoms. The van der Waals surface area contributed by atoms with E-state index < -0.39 is 63.3 Å². The molecule has 0 saturated carbocycles. The van der Waals surface area contributed by atoms with Crippen LogP contribution in [0, 0.1) is 18.3 Å². The van der Waals surface area contributed by atoms with Crippen molar-refractivity contribution in [2.75, 3.05) is 0 Å². The molecular formula is C31H31NO7. The van der Waals surface area contributed by atoms with Crippen molar-refractivity contribution in [3.8, 4) is 11.5 Å².